The van der Waals surface area contributed by atoms with Gasteiger partial charge < -0.3 is 15.0 Å². The van der Waals surface area contributed by atoms with Gasteiger partial charge in [0.15, 0.2) is 0 Å². The summed E-state index contributed by atoms with van der Waals surface area (Å²) in [6.07, 6.45) is 2.49. The van der Waals surface area contributed by atoms with Crippen LogP contribution >= 0.6 is 0 Å². The summed E-state index contributed by atoms with van der Waals surface area (Å²) >= 11 is 0. The first-order chi connectivity index (χ1) is 9.70. The van der Waals surface area contributed by atoms with Crippen LogP contribution in [0.1, 0.15) is 12.5 Å². The second-order valence-electron chi connectivity index (χ2n) is 5.05. The highest BCUT2D eigenvalue weighted by Crippen LogP contribution is 2.20. The van der Waals surface area contributed by atoms with Crippen LogP contribution in [0.5, 0.6) is 5.75 Å². The standard InChI is InChI=1S/C16H22N2O2/c1-13(11-14-5-3-4-6-15(14)20-2)12-16(19)18-9-7-17-8-10-18/h3-6,12,17H,7-11H2,1-2H3/b13-12+. The van der Waals surface area contributed by atoms with Crippen molar-refractivity contribution in [1.29, 1.82) is 0 Å². The molecule has 0 saturated carbocycles. The minimum atomic E-state index is 0.110. The van der Waals surface area contributed by atoms with E-state index in [4.69, 9.17) is 4.74 Å². The number of benzene rings is 1. The van der Waals surface area contributed by atoms with E-state index in [1.165, 1.54) is 0 Å². The van der Waals surface area contributed by atoms with Crippen molar-refractivity contribution in [3.8, 4) is 5.75 Å². The molecule has 1 aromatic carbocycles. The maximum absolute atomic E-state index is 12.1. The van der Waals surface area contributed by atoms with E-state index < -0.39 is 0 Å². The maximum atomic E-state index is 12.1. The number of rotatable bonds is 4. The van der Waals surface area contributed by atoms with Crippen LogP contribution < -0.4 is 10.1 Å². The van der Waals surface area contributed by atoms with Gasteiger partial charge >= 0.3 is 0 Å². The number of hydrogen-bond acceptors (Lipinski definition) is 3. The van der Waals surface area contributed by atoms with Gasteiger partial charge in [-0.05, 0) is 25.0 Å². The molecule has 4 nitrogen and oxygen atoms in total. The molecule has 0 bridgehead atoms. The molecule has 0 atom stereocenters. The Kier molecular flexibility index (Phi) is 5.18. The number of piperazine rings is 1. The van der Waals surface area contributed by atoms with Crippen molar-refractivity contribution in [1.82, 2.24) is 10.2 Å². The van der Waals surface area contributed by atoms with Crippen LogP contribution in [-0.4, -0.2) is 44.1 Å². The molecule has 0 unspecified atom stereocenters. The van der Waals surface area contributed by atoms with Gasteiger partial charge in [-0.2, -0.15) is 0 Å². The normalized spacial score (nSPS) is 16.1. The van der Waals surface area contributed by atoms with Crippen molar-refractivity contribution >= 4 is 5.91 Å². The van der Waals surface area contributed by atoms with Crippen molar-refractivity contribution in [3.05, 3.63) is 41.5 Å². The monoisotopic (exact) mass is 274 g/mol. The van der Waals surface area contributed by atoms with E-state index >= 15 is 0 Å². The molecule has 1 aromatic rings. The largest absolute Gasteiger partial charge is 0.496 e. The second kappa shape index (κ2) is 7.10. The quantitative estimate of drug-likeness (QED) is 0.848. The van der Waals surface area contributed by atoms with E-state index in [-0.39, 0.29) is 5.91 Å². The lowest BCUT2D eigenvalue weighted by Crippen LogP contribution is -2.45. The fourth-order valence-corrected chi connectivity index (χ4v) is 2.39. The molecule has 0 radical (unpaired) electrons. The zero-order valence-electron chi connectivity index (χ0n) is 12.2. The van der Waals surface area contributed by atoms with Gasteiger partial charge in [-0.25, -0.2) is 0 Å². The van der Waals surface area contributed by atoms with Crippen molar-refractivity contribution < 1.29 is 9.53 Å². The van der Waals surface area contributed by atoms with E-state index in [0.29, 0.717) is 0 Å². The molecule has 1 N–H and O–H groups in total. The Labute approximate surface area is 120 Å². The van der Waals surface area contributed by atoms with Crippen molar-refractivity contribution in [2.24, 2.45) is 0 Å². The van der Waals surface area contributed by atoms with Crippen LogP contribution in [-0.2, 0) is 11.2 Å². The molecule has 0 aliphatic carbocycles. The van der Waals surface area contributed by atoms with Crippen LogP contribution in [0.15, 0.2) is 35.9 Å². The van der Waals surface area contributed by atoms with Crippen LogP contribution in [0, 0.1) is 0 Å². The molecular formula is C16H22N2O2. The van der Waals surface area contributed by atoms with Gasteiger partial charge in [0.05, 0.1) is 7.11 Å². The topological polar surface area (TPSA) is 41.6 Å². The molecule has 1 heterocycles. The van der Waals surface area contributed by atoms with Crippen LogP contribution in [0.4, 0.5) is 0 Å². The molecule has 0 aromatic heterocycles. The third-order valence-electron chi connectivity index (χ3n) is 3.46. The summed E-state index contributed by atoms with van der Waals surface area (Å²) in [5.41, 5.74) is 2.16. The molecule has 20 heavy (non-hydrogen) atoms. The summed E-state index contributed by atoms with van der Waals surface area (Å²) in [7, 11) is 1.67. The molecule has 1 aliphatic heterocycles. The lowest BCUT2D eigenvalue weighted by Gasteiger charge is -2.26. The van der Waals surface area contributed by atoms with Gasteiger partial charge in [-0.15, -0.1) is 0 Å². The van der Waals surface area contributed by atoms with Gasteiger partial charge in [0.1, 0.15) is 5.75 Å². The number of hydrogen-bond donors (Lipinski definition) is 1. The molecule has 2 rings (SSSR count). The third kappa shape index (κ3) is 3.84. The van der Waals surface area contributed by atoms with Gasteiger partial charge in [0.2, 0.25) is 5.91 Å². The van der Waals surface area contributed by atoms with Crippen molar-refractivity contribution in [2.45, 2.75) is 13.3 Å². The first-order valence-corrected chi connectivity index (χ1v) is 6.99. The van der Waals surface area contributed by atoms with Gasteiger partial charge in [-0.3, -0.25) is 4.79 Å². The summed E-state index contributed by atoms with van der Waals surface area (Å²) < 4.78 is 5.34. The number of nitrogens with one attached hydrogen (secondary N) is 1. The molecule has 1 aliphatic rings. The lowest BCUT2D eigenvalue weighted by molar-refractivity contribution is -0.126. The van der Waals surface area contributed by atoms with Crippen molar-refractivity contribution in [2.75, 3.05) is 33.3 Å². The number of allylic oxidation sites excluding steroid dienone is 1. The van der Waals surface area contributed by atoms with E-state index in [9.17, 15) is 4.79 Å². The molecule has 4 heteroatoms. The number of nitrogens with zero attached hydrogens (tertiary/aromatic N) is 1. The van der Waals surface area contributed by atoms with E-state index in [1.54, 1.807) is 13.2 Å². The van der Waals surface area contributed by atoms with E-state index in [0.717, 1.165) is 49.5 Å². The van der Waals surface area contributed by atoms with Gasteiger partial charge in [-0.1, -0.05) is 23.8 Å². The third-order valence-corrected chi connectivity index (χ3v) is 3.46. The minimum absolute atomic E-state index is 0.110. The number of ether oxygens (including phenoxy) is 1. The Morgan fingerprint density at radius 2 is 2.05 bits per heavy atom. The van der Waals surface area contributed by atoms with Crippen molar-refractivity contribution in [3.63, 3.8) is 0 Å². The molecule has 1 fully saturated rings. The second-order valence-corrected chi connectivity index (χ2v) is 5.05. The fourth-order valence-electron chi connectivity index (χ4n) is 2.39. The highest BCUT2D eigenvalue weighted by molar-refractivity contribution is 5.88. The number of carbonyl (C=O) groups is 1. The lowest BCUT2D eigenvalue weighted by atomic mass is 10.0. The average Bonchev–Trinajstić information content (AvgIpc) is 2.48. The highest BCUT2D eigenvalue weighted by Gasteiger charge is 2.14. The van der Waals surface area contributed by atoms with Crippen LogP contribution in [0.25, 0.3) is 0 Å². The van der Waals surface area contributed by atoms with Gasteiger partial charge in [0, 0.05) is 32.3 Å². The Bertz CT molecular complexity index is 491. The van der Waals surface area contributed by atoms with Crippen LogP contribution in [0.2, 0.25) is 0 Å². The minimum Gasteiger partial charge on any atom is -0.496 e. The predicted octanol–water partition coefficient (Wildman–Crippen LogP) is 1.62. The van der Waals surface area contributed by atoms with E-state index in [1.807, 2.05) is 36.1 Å². The number of para-hydroxylation sites is 1. The molecular weight excluding hydrogens is 252 g/mol. The predicted molar refractivity (Wildman–Crippen MR) is 79.9 cm³/mol. The summed E-state index contributed by atoms with van der Waals surface area (Å²) in [5.74, 6) is 0.980. The smallest absolute Gasteiger partial charge is 0.246 e. The first-order valence-electron chi connectivity index (χ1n) is 6.99. The highest BCUT2D eigenvalue weighted by atomic mass is 16.5. The average molecular weight is 274 g/mol. The zero-order chi connectivity index (χ0) is 14.4. The summed E-state index contributed by atoms with van der Waals surface area (Å²) in [6.45, 7) is 5.33. The molecule has 108 valence electrons. The SMILES string of the molecule is COc1ccccc1C/C(C)=C/C(=O)N1CCNCC1. The first kappa shape index (κ1) is 14.6. The van der Waals surface area contributed by atoms with E-state index in [2.05, 4.69) is 5.32 Å². The molecule has 1 amide bonds. The zero-order valence-corrected chi connectivity index (χ0v) is 12.2. The number of methoxy groups -OCH3 is 1. The molecule has 0 spiro atoms. The summed E-state index contributed by atoms with van der Waals surface area (Å²) in [5, 5.41) is 3.25. The summed E-state index contributed by atoms with van der Waals surface area (Å²) in [6, 6.07) is 7.92. The van der Waals surface area contributed by atoms with Crippen LogP contribution in [0.3, 0.4) is 0 Å². The van der Waals surface area contributed by atoms with Gasteiger partial charge in [0.25, 0.3) is 0 Å². The Hall–Kier alpha value is -1.81. The summed E-state index contributed by atoms with van der Waals surface area (Å²) in [4.78, 5) is 14.0. The molecule has 1 saturated heterocycles. The Morgan fingerprint density at radius 3 is 2.75 bits per heavy atom. The fraction of sp³-hybridized carbons (Fsp3) is 0.438. The Morgan fingerprint density at radius 1 is 1.35 bits per heavy atom. The number of carbonyl (C=O) groups excluding carboxylic acids is 1. The maximum Gasteiger partial charge on any atom is 0.246 e. The number of amides is 1. The Balaban J connectivity index is 2.01.